The molecule has 0 aliphatic carbocycles. The number of hydrogen-bond acceptors (Lipinski definition) is 3. The number of aromatic nitrogens is 1. The second-order valence-electron chi connectivity index (χ2n) is 4.59. The molecule has 0 radical (unpaired) electrons. The Morgan fingerprint density at radius 2 is 2.14 bits per heavy atom. The van der Waals surface area contributed by atoms with E-state index in [2.05, 4.69) is 31.1 Å². The molecule has 0 unspecified atom stereocenters. The molecule has 0 bridgehead atoms. The summed E-state index contributed by atoms with van der Waals surface area (Å²) in [6.07, 6.45) is 2.42. The van der Waals surface area contributed by atoms with Gasteiger partial charge in [0.25, 0.3) is 0 Å². The number of pyridine rings is 1. The number of amides is 1. The molecule has 1 fully saturated rings. The van der Waals surface area contributed by atoms with Gasteiger partial charge in [0, 0.05) is 16.9 Å². The molecular weight excluding hydrogens is 334 g/mol. The Morgan fingerprint density at radius 3 is 2.90 bits per heavy atom. The van der Waals surface area contributed by atoms with Gasteiger partial charge in [-0.05, 0) is 39.2 Å². The van der Waals surface area contributed by atoms with Gasteiger partial charge in [0.15, 0.2) is 11.8 Å². The quantitative estimate of drug-likeness (QED) is 0.841. The summed E-state index contributed by atoms with van der Waals surface area (Å²) in [6, 6.07) is 8.64. The third-order valence-corrected chi connectivity index (χ3v) is 3.66. The van der Waals surface area contributed by atoms with Gasteiger partial charge in [-0.15, -0.1) is 0 Å². The van der Waals surface area contributed by atoms with E-state index in [1.165, 1.54) is 0 Å². The molecule has 2 aromatic rings. The lowest BCUT2D eigenvalue weighted by atomic mass is 9.97. The number of ether oxygens (including phenoxy) is 1. The van der Waals surface area contributed by atoms with Crippen molar-refractivity contribution >= 4 is 27.7 Å². The first-order valence-corrected chi connectivity index (χ1v) is 7.01. The van der Waals surface area contributed by atoms with E-state index >= 15 is 0 Å². The SMILES string of the molecule is [C-]#[N+]c1cccc([C@H]2OC(=O)N[C@@H]2c2cncc(Br)c2)c1. The molecular formula is C15H10BrN3O2. The van der Waals surface area contributed by atoms with Crippen LogP contribution < -0.4 is 5.32 Å². The first-order valence-electron chi connectivity index (χ1n) is 6.22. The molecule has 1 aliphatic heterocycles. The van der Waals surface area contributed by atoms with E-state index in [0.717, 1.165) is 15.6 Å². The summed E-state index contributed by atoms with van der Waals surface area (Å²) in [4.78, 5) is 19.1. The Bertz CT molecular complexity index is 742. The normalized spacial score (nSPS) is 20.5. The number of carbonyl (C=O) groups is 1. The maximum Gasteiger partial charge on any atom is 0.408 e. The van der Waals surface area contributed by atoms with Crippen LogP contribution in [0.25, 0.3) is 4.85 Å². The highest BCUT2D eigenvalue weighted by molar-refractivity contribution is 9.10. The molecule has 6 heteroatoms. The van der Waals surface area contributed by atoms with Crippen LogP contribution in [-0.2, 0) is 4.74 Å². The van der Waals surface area contributed by atoms with Crippen molar-refractivity contribution in [2.75, 3.05) is 0 Å². The van der Waals surface area contributed by atoms with Crippen LogP contribution in [0.2, 0.25) is 0 Å². The van der Waals surface area contributed by atoms with Crippen molar-refractivity contribution in [2.24, 2.45) is 0 Å². The van der Waals surface area contributed by atoms with Crippen LogP contribution in [0.4, 0.5) is 10.5 Å². The summed E-state index contributed by atoms with van der Waals surface area (Å²) < 4.78 is 6.19. The number of nitrogens with one attached hydrogen (secondary N) is 1. The Labute approximate surface area is 129 Å². The van der Waals surface area contributed by atoms with Gasteiger partial charge in [-0.2, -0.15) is 0 Å². The molecule has 3 rings (SSSR count). The van der Waals surface area contributed by atoms with Gasteiger partial charge in [0.05, 0.1) is 6.57 Å². The molecule has 1 saturated heterocycles. The van der Waals surface area contributed by atoms with Gasteiger partial charge in [-0.25, -0.2) is 9.64 Å². The van der Waals surface area contributed by atoms with E-state index in [1.807, 2.05) is 12.1 Å². The van der Waals surface area contributed by atoms with E-state index in [4.69, 9.17) is 11.3 Å². The second kappa shape index (κ2) is 5.54. The minimum Gasteiger partial charge on any atom is -0.439 e. The predicted octanol–water partition coefficient (Wildman–Crippen LogP) is 3.92. The Balaban J connectivity index is 1.99. The van der Waals surface area contributed by atoms with Gasteiger partial charge in [0.1, 0.15) is 6.04 Å². The maximum atomic E-state index is 11.6. The zero-order valence-corrected chi connectivity index (χ0v) is 12.4. The van der Waals surface area contributed by atoms with E-state index in [1.54, 1.807) is 30.6 Å². The number of hydrogen-bond donors (Lipinski definition) is 1. The number of halogens is 1. The van der Waals surface area contributed by atoms with Crippen molar-refractivity contribution in [3.8, 4) is 0 Å². The average Bonchev–Trinajstić information content (AvgIpc) is 2.89. The van der Waals surface area contributed by atoms with Gasteiger partial charge >= 0.3 is 6.09 Å². The van der Waals surface area contributed by atoms with E-state index in [0.29, 0.717) is 5.69 Å². The third-order valence-electron chi connectivity index (χ3n) is 3.22. The smallest absolute Gasteiger partial charge is 0.408 e. The molecule has 21 heavy (non-hydrogen) atoms. The third kappa shape index (κ3) is 2.73. The molecule has 1 N–H and O–H groups in total. The second-order valence-corrected chi connectivity index (χ2v) is 5.51. The van der Waals surface area contributed by atoms with Crippen molar-refractivity contribution < 1.29 is 9.53 Å². The van der Waals surface area contributed by atoms with Crippen molar-refractivity contribution in [3.05, 3.63) is 69.7 Å². The highest BCUT2D eigenvalue weighted by Gasteiger charge is 2.36. The monoisotopic (exact) mass is 343 g/mol. The summed E-state index contributed by atoms with van der Waals surface area (Å²) in [5, 5.41) is 2.78. The molecule has 5 nitrogen and oxygen atoms in total. The van der Waals surface area contributed by atoms with Gasteiger partial charge in [-0.3, -0.25) is 4.98 Å². The van der Waals surface area contributed by atoms with E-state index in [-0.39, 0.29) is 6.04 Å². The molecule has 1 amide bonds. The summed E-state index contributed by atoms with van der Waals surface area (Å²) >= 11 is 3.37. The molecule has 0 saturated carbocycles. The number of cyclic esters (lactones) is 1. The first kappa shape index (κ1) is 13.6. The van der Waals surface area contributed by atoms with Crippen LogP contribution in [0.1, 0.15) is 23.3 Å². The van der Waals surface area contributed by atoms with E-state index < -0.39 is 12.2 Å². The average molecular weight is 344 g/mol. The van der Waals surface area contributed by atoms with Gasteiger partial charge in [0.2, 0.25) is 0 Å². The minimum absolute atomic E-state index is 0.330. The number of benzene rings is 1. The Kier molecular flexibility index (Phi) is 3.59. The molecule has 1 aromatic heterocycles. The molecule has 1 aromatic carbocycles. The molecule has 2 atom stereocenters. The zero-order valence-electron chi connectivity index (χ0n) is 10.8. The number of alkyl carbamates (subject to hydrolysis) is 1. The van der Waals surface area contributed by atoms with Crippen molar-refractivity contribution in [1.29, 1.82) is 0 Å². The van der Waals surface area contributed by atoms with Gasteiger partial charge in [-0.1, -0.05) is 18.2 Å². The fourth-order valence-corrected chi connectivity index (χ4v) is 2.69. The Hall–Kier alpha value is -2.39. The molecule has 104 valence electrons. The summed E-state index contributed by atoms with van der Waals surface area (Å²) in [6.45, 7) is 7.08. The summed E-state index contributed by atoms with van der Waals surface area (Å²) in [7, 11) is 0. The lowest BCUT2D eigenvalue weighted by Crippen LogP contribution is -2.19. The minimum atomic E-state index is -0.477. The highest BCUT2D eigenvalue weighted by atomic mass is 79.9. The topological polar surface area (TPSA) is 55.6 Å². The highest BCUT2D eigenvalue weighted by Crippen LogP contribution is 2.37. The molecule has 2 heterocycles. The van der Waals surface area contributed by atoms with E-state index in [9.17, 15) is 4.79 Å². The lowest BCUT2D eigenvalue weighted by molar-refractivity contribution is 0.132. The van der Waals surface area contributed by atoms with Crippen LogP contribution in [-0.4, -0.2) is 11.1 Å². The van der Waals surface area contributed by atoms with Crippen LogP contribution in [0.15, 0.2) is 47.2 Å². The first-order chi connectivity index (χ1) is 10.2. The van der Waals surface area contributed by atoms with Crippen LogP contribution >= 0.6 is 15.9 Å². The maximum absolute atomic E-state index is 11.6. The van der Waals surface area contributed by atoms with Crippen molar-refractivity contribution in [2.45, 2.75) is 12.1 Å². The lowest BCUT2D eigenvalue weighted by Gasteiger charge is -2.17. The number of rotatable bonds is 2. The fraction of sp³-hybridized carbons (Fsp3) is 0.133. The van der Waals surface area contributed by atoms with Crippen molar-refractivity contribution in [3.63, 3.8) is 0 Å². The predicted molar refractivity (Wildman–Crippen MR) is 79.7 cm³/mol. The van der Waals surface area contributed by atoms with Crippen LogP contribution in [0.5, 0.6) is 0 Å². The standard InChI is InChI=1S/C15H10BrN3O2/c1-17-12-4-2-3-9(6-12)14-13(19-15(20)21-14)10-5-11(16)8-18-7-10/h2-8,13-14H,(H,19,20)/t13-,14-/m1/s1. The van der Waals surface area contributed by atoms with Crippen LogP contribution in [0, 0.1) is 6.57 Å². The molecule has 0 spiro atoms. The number of nitrogens with zero attached hydrogens (tertiary/aromatic N) is 2. The summed E-state index contributed by atoms with van der Waals surface area (Å²) in [5.74, 6) is 0. The molecule has 1 aliphatic rings. The van der Waals surface area contributed by atoms with Gasteiger partial charge < -0.3 is 10.1 Å². The Morgan fingerprint density at radius 1 is 1.29 bits per heavy atom. The zero-order chi connectivity index (χ0) is 14.8. The van der Waals surface area contributed by atoms with Crippen molar-refractivity contribution in [1.82, 2.24) is 10.3 Å². The number of carbonyl (C=O) groups excluding carboxylic acids is 1. The van der Waals surface area contributed by atoms with Crippen LogP contribution in [0.3, 0.4) is 0 Å². The largest absolute Gasteiger partial charge is 0.439 e. The summed E-state index contributed by atoms with van der Waals surface area (Å²) in [5.41, 5.74) is 2.14. The fourth-order valence-electron chi connectivity index (χ4n) is 2.31.